The summed E-state index contributed by atoms with van der Waals surface area (Å²) in [4.78, 5) is 28.4. The third kappa shape index (κ3) is 3.60. The third-order valence-electron chi connectivity index (χ3n) is 4.57. The molecule has 0 saturated carbocycles. The maximum absolute atomic E-state index is 13.2. The van der Waals surface area contributed by atoms with Gasteiger partial charge in [-0.15, -0.1) is 0 Å². The summed E-state index contributed by atoms with van der Waals surface area (Å²) in [5.74, 6) is -0.287. The monoisotopic (exact) mass is 316 g/mol. The molecule has 0 N–H and O–H groups in total. The molecule has 122 valence electrons. The van der Waals surface area contributed by atoms with E-state index in [0.29, 0.717) is 31.7 Å². The molecule has 1 aliphatic heterocycles. The fourth-order valence-electron chi connectivity index (χ4n) is 3.21. The molecule has 1 aromatic carbocycles. The lowest BCUT2D eigenvalue weighted by atomic mass is 9.93. The second-order valence-corrected chi connectivity index (χ2v) is 6.11. The Balaban J connectivity index is 1.56. The molecular formula is C18H21FN2O2. The fraction of sp³-hybridized carbons (Fsp3) is 0.444. The molecule has 1 atom stereocenters. The van der Waals surface area contributed by atoms with E-state index in [1.54, 1.807) is 17.0 Å². The minimum Gasteiger partial charge on any atom is -0.339 e. The number of nitrogens with zero attached hydrogens (tertiary/aromatic N) is 2. The Morgan fingerprint density at radius 3 is 2.43 bits per heavy atom. The van der Waals surface area contributed by atoms with Crippen LogP contribution in [0.1, 0.15) is 29.6 Å². The molecule has 1 saturated heterocycles. The summed E-state index contributed by atoms with van der Waals surface area (Å²) in [5.41, 5.74) is 0.363. The van der Waals surface area contributed by atoms with Crippen molar-refractivity contribution in [1.82, 2.24) is 9.80 Å². The number of rotatable bonds is 2. The van der Waals surface area contributed by atoms with Crippen molar-refractivity contribution in [3.63, 3.8) is 0 Å². The maximum atomic E-state index is 13.2. The highest BCUT2D eigenvalue weighted by Gasteiger charge is 2.29. The second kappa shape index (κ2) is 6.94. The molecule has 1 heterocycles. The van der Waals surface area contributed by atoms with Gasteiger partial charge in [0.25, 0.3) is 5.91 Å². The van der Waals surface area contributed by atoms with Crippen LogP contribution in [-0.2, 0) is 4.79 Å². The van der Waals surface area contributed by atoms with E-state index < -0.39 is 5.82 Å². The highest BCUT2D eigenvalue weighted by Crippen LogP contribution is 2.21. The van der Waals surface area contributed by atoms with Crippen molar-refractivity contribution < 1.29 is 14.0 Å². The lowest BCUT2D eigenvalue weighted by Gasteiger charge is -2.36. The number of carbonyl (C=O) groups is 2. The van der Waals surface area contributed by atoms with Crippen LogP contribution < -0.4 is 0 Å². The molecule has 2 aliphatic rings. The Morgan fingerprint density at radius 1 is 1.04 bits per heavy atom. The first-order valence-corrected chi connectivity index (χ1v) is 8.14. The van der Waals surface area contributed by atoms with Gasteiger partial charge in [0.2, 0.25) is 5.91 Å². The van der Waals surface area contributed by atoms with E-state index in [4.69, 9.17) is 0 Å². The lowest BCUT2D eigenvalue weighted by Crippen LogP contribution is -2.52. The van der Waals surface area contributed by atoms with Gasteiger partial charge in [0.1, 0.15) is 5.82 Å². The molecule has 0 radical (unpaired) electrons. The number of allylic oxidation sites excluding steroid dienone is 2. The standard InChI is InChI=1S/C18H21FN2O2/c19-16-8-4-7-15(13-16)18(23)21-11-9-20(10-12-21)17(22)14-5-2-1-3-6-14/h1-2,4,7-8,13-14H,3,5-6,9-12H2. The van der Waals surface area contributed by atoms with Crippen LogP contribution in [0.2, 0.25) is 0 Å². The van der Waals surface area contributed by atoms with Crippen molar-refractivity contribution >= 4 is 11.8 Å². The Bertz CT molecular complexity index is 621. The minimum atomic E-state index is -0.407. The average Bonchev–Trinajstić information content (AvgIpc) is 2.61. The van der Waals surface area contributed by atoms with Gasteiger partial charge in [-0.2, -0.15) is 0 Å². The van der Waals surface area contributed by atoms with E-state index in [1.807, 2.05) is 4.90 Å². The minimum absolute atomic E-state index is 0.0884. The Kier molecular flexibility index (Phi) is 4.74. The topological polar surface area (TPSA) is 40.6 Å². The number of piperazine rings is 1. The van der Waals surface area contributed by atoms with E-state index in [9.17, 15) is 14.0 Å². The molecule has 1 unspecified atom stereocenters. The molecule has 1 aliphatic carbocycles. The van der Waals surface area contributed by atoms with E-state index in [1.165, 1.54) is 12.1 Å². The molecule has 23 heavy (non-hydrogen) atoms. The number of hydrogen-bond donors (Lipinski definition) is 0. The van der Waals surface area contributed by atoms with E-state index in [-0.39, 0.29) is 17.7 Å². The maximum Gasteiger partial charge on any atom is 0.254 e. The van der Waals surface area contributed by atoms with Crippen LogP contribution in [0.4, 0.5) is 4.39 Å². The summed E-state index contributed by atoms with van der Waals surface area (Å²) >= 11 is 0. The zero-order chi connectivity index (χ0) is 16.2. The summed E-state index contributed by atoms with van der Waals surface area (Å²) in [6.07, 6.45) is 6.91. The predicted octanol–water partition coefficient (Wildman–Crippen LogP) is 2.47. The first kappa shape index (κ1) is 15.7. The number of carbonyl (C=O) groups excluding carboxylic acids is 2. The quantitative estimate of drug-likeness (QED) is 0.787. The summed E-state index contributed by atoms with van der Waals surface area (Å²) in [5, 5.41) is 0. The summed E-state index contributed by atoms with van der Waals surface area (Å²) in [6, 6.07) is 5.75. The zero-order valence-corrected chi connectivity index (χ0v) is 13.1. The van der Waals surface area contributed by atoms with Crippen LogP contribution in [0.15, 0.2) is 36.4 Å². The van der Waals surface area contributed by atoms with Gasteiger partial charge in [0, 0.05) is 37.7 Å². The van der Waals surface area contributed by atoms with Gasteiger partial charge >= 0.3 is 0 Å². The predicted molar refractivity (Wildman–Crippen MR) is 85.4 cm³/mol. The smallest absolute Gasteiger partial charge is 0.254 e. The SMILES string of the molecule is O=C(c1cccc(F)c1)N1CCN(C(=O)C2CC=CCC2)CC1. The van der Waals surface area contributed by atoms with Crippen molar-refractivity contribution in [3.05, 3.63) is 47.8 Å². The van der Waals surface area contributed by atoms with E-state index >= 15 is 0 Å². The fourth-order valence-corrected chi connectivity index (χ4v) is 3.21. The van der Waals surface area contributed by atoms with Gasteiger partial charge in [-0.25, -0.2) is 4.39 Å². The zero-order valence-electron chi connectivity index (χ0n) is 13.1. The van der Waals surface area contributed by atoms with Gasteiger partial charge in [-0.05, 0) is 37.5 Å². The lowest BCUT2D eigenvalue weighted by molar-refractivity contribution is -0.137. The number of halogens is 1. The van der Waals surface area contributed by atoms with Gasteiger partial charge in [0.05, 0.1) is 0 Å². The number of benzene rings is 1. The molecule has 1 aromatic rings. The molecule has 1 fully saturated rings. The second-order valence-electron chi connectivity index (χ2n) is 6.11. The van der Waals surface area contributed by atoms with Crippen molar-refractivity contribution in [2.24, 2.45) is 5.92 Å². The van der Waals surface area contributed by atoms with Crippen molar-refractivity contribution in [1.29, 1.82) is 0 Å². The van der Waals surface area contributed by atoms with E-state index in [2.05, 4.69) is 12.2 Å². The Labute approximate surface area is 135 Å². The van der Waals surface area contributed by atoms with Crippen molar-refractivity contribution in [2.75, 3.05) is 26.2 Å². The first-order valence-electron chi connectivity index (χ1n) is 8.14. The summed E-state index contributed by atoms with van der Waals surface area (Å²) in [6.45, 7) is 2.12. The number of hydrogen-bond acceptors (Lipinski definition) is 2. The molecule has 0 bridgehead atoms. The normalized spacial score (nSPS) is 21.3. The highest BCUT2D eigenvalue weighted by molar-refractivity contribution is 5.94. The van der Waals surface area contributed by atoms with Crippen LogP contribution in [0.3, 0.4) is 0 Å². The van der Waals surface area contributed by atoms with Crippen LogP contribution in [-0.4, -0.2) is 47.8 Å². The first-order chi connectivity index (χ1) is 11.1. The van der Waals surface area contributed by atoms with Crippen LogP contribution in [0.5, 0.6) is 0 Å². The third-order valence-corrected chi connectivity index (χ3v) is 4.57. The van der Waals surface area contributed by atoms with Crippen LogP contribution >= 0.6 is 0 Å². The highest BCUT2D eigenvalue weighted by atomic mass is 19.1. The summed E-state index contributed by atoms with van der Waals surface area (Å²) < 4.78 is 13.2. The van der Waals surface area contributed by atoms with Crippen LogP contribution in [0.25, 0.3) is 0 Å². The van der Waals surface area contributed by atoms with Gasteiger partial charge in [-0.1, -0.05) is 18.2 Å². The Hall–Kier alpha value is -2.17. The van der Waals surface area contributed by atoms with E-state index in [0.717, 1.165) is 19.3 Å². The molecule has 4 nitrogen and oxygen atoms in total. The van der Waals surface area contributed by atoms with Crippen molar-refractivity contribution in [3.8, 4) is 0 Å². The van der Waals surface area contributed by atoms with Crippen LogP contribution in [0, 0.1) is 11.7 Å². The van der Waals surface area contributed by atoms with Gasteiger partial charge in [-0.3, -0.25) is 9.59 Å². The molecule has 5 heteroatoms. The molecule has 0 aromatic heterocycles. The average molecular weight is 316 g/mol. The molecule has 3 rings (SSSR count). The van der Waals surface area contributed by atoms with Gasteiger partial charge in [0.15, 0.2) is 0 Å². The van der Waals surface area contributed by atoms with Gasteiger partial charge < -0.3 is 9.80 Å². The van der Waals surface area contributed by atoms with Crippen molar-refractivity contribution in [2.45, 2.75) is 19.3 Å². The number of amides is 2. The summed E-state index contributed by atoms with van der Waals surface area (Å²) in [7, 11) is 0. The largest absolute Gasteiger partial charge is 0.339 e. The molecule has 2 amide bonds. The molecular weight excluding hydrogens is 295 g/mol. The Morgan fingerprint density at radius 2 is 1.78 bits per heavy atom. The molecule has 0 spiro atoms.